The molecule has 1 aliphatic rings. The first kappa shape index (κ1) is 22.2. The summed E-state index contributed by atoms with van der Waals surface area (Å²) in [6.45, 7) is 5.82. The van der Waals surface area contributed by atoms with Crippen molar-refractivity contribution in [2.45, 2.75) is 31.7 Å². The molecule has 0 radical (unpaired) electrons. The fourth-order valence-electron chi connectivity index (χ4n) is 4.13. The number of carbonyl (C=O) groups is 1. The highest BCUT2D eigenvalue weighted by Crippen LogP contribution is 2.27. The summed E-state index contributed by atoms with van der Waals surface area (Å²) in [5.41, 5.74) is 2.06. The monoisotopic (exact) mass is 453 g/mol. The van der Waals surface area contributed by atoms with E-state index in [9.17, 15) is 13.2 Å². The first-order valence-electron chi connectivity index (χ1n) is 10.6. The maximum absolute atomic E-state index is 13.0. The maximum atomic E-state index is 13.0. The summed E-state index contributed by atoms with van der Waals surface area (Å²) in [7, 11) is -3.54. The van der Waals surface area contributed by atoms with Crippen LogP contribution in [0.25, 0.3) is 0 Å². The molecule has 1 saturated heterocycles. The Bertz CT molecular complexity index is 1150. The average Bonchev–Trinajstić information content (AvgIpc) is 3.27. The second-order valence-electron chi connectivity index (χ2n) is 8.54. The molecular weight excluding hydrogens is 426 g/mol. The third-order valence-corrected chi connectivity index (χ3v) is 7.46. The van der Waals surface area contributed by atoms with Crippen molar-refractivity contribution in [1.29, 1.82) is 0 Å². The molecule has 1 fully saturated rings. The second-order valence-corrected chi connectivity index (χ2v) is 10.5. The van der Waals surface area contributed by atoms with Crippen LogP contribution in [0.5, 0.6) is 0 Å². The van der Waals surface area contributed by atoms with Gasteiger partial charge in [0.15, 0.2) is 0 Å². The summed E-state index contributed by atoms with van der Waals surface area (Å²) in [4.78, 5) is 16.7. The molecule has 4 rings (SSSR count). The Morgan fingerprint density at radius 1 is 1.03 bits per heavy atom. The molecule has 1 N–H and O–H groups in total. The normalized spacial score (nSPS) is 19.6. The molecule has 2 unspecified atom stereocenters. The molecule has 0 aliphatic carbocycles. The van der Waals surface area contributed by atoms with Crippen LogP contribution in [0.3, 0.4) is 0 Å². The molecule has 0 spiro atoms. The predicted octanol–water partition coefficient (Wildman–Crippen LogP) is 3.25. The van der Waals surface area contributed by atoms with Gasteiger partial charge in [-0.25, -0.2) is 18.1 Å². The minimum absolute atomic E-state index is 0.245. The van der Waals surface area contributed by atoms with Crippen LogP contribution in [-0.2, 0) is 16.6 Å². The van der Waals surface area contributed by atoms with Gasteiger partial charge in [0.25, 0.3) is 5.91 Å². The number of carbonyl (C=O) groups excluding carboxylic acids is 1. The number of hydrogen-bond donors (Lipinski definition) is 1. The number of hydrogen-bond acceptors (Lipinski definition) is 5. The lowest BCUT2D eigenvalue weighted by molar-refractivity contribution is 0.102. The lowest BCUT2D eigenvalue weighted by Crippen LogP contribution is -2.42. The number of amides is 1. The van der Waals surface area contributed by atoms with Gasteiger partial charge in [-0.3, -0.25) is 4.79 Å². The Kier molecular flexibility index (Phi) is 6.38. The first-order valence-corrected chi connectivity index (χ1v) is 12.1. The minimum atomic E-state index is -3.54. The molecule has 2 heterocycles. The van der Waals surface area contributed by atoms with Crippen LogP contribution in [0.4, 0.5) is 5.69 Å². The molecule has 0 saturated carbocycles. The van der Waals surface area contributed by atoms with E-state index in [0.29, 0.717) is 42.7 Å². The number of benzene rings is 2. The van der Waals surface area contributed by atoms with Crippen LogP contribution in [0.2, 0.25) is 0 Å². The Hall–Kier alpha value is -3.04. The molecule has 2 aromatic carbocycles. The Balaban J connectivity index is 1.40. The molecular formula is C23H27N5O3S. The van der Waals surface area contributed by atoms with Crippen LogP contribution in [0.15, 0.2) is 66.1 Å². The lowest BCUT2D eigenvalue weighted by Gasteiger charge is -2.34. The van der Waals surface area contributed by atoms with Gasteiger partial charge in [0.05, 0.1) is 11.4 Å². The summed E-state index contributed by atoms with van der Waals surface area (Å²) in [6, 6.07) is 13.6. The van der Waals surface area contributed by atoms with Crippen LogP contribution in [0, 0.1) is 11.8 Å². The van der Waals surface area contributed by atoms with Crippen LogP contribution in [0.1, 0.15) is 36.2 Å². The molecule has 32 heavy (non-hydrogen) atoms. The quantitative estimate of drug-likeness (QED) is 0.618. The van der Waals surface area contributed by atoms with Crippen LogP contribution in [-0.4, -0.2) is 46.5 Å². The molecule has 0 bridgehead atoms. The topological polar surface area (TPSA) is 97.2 Å². The number of aromatic nitrogens is 3. The summed E-state index contributed by atoms with van der Waals surface area (Å²) in [6.07, 6.45) is 4.15. The Morgan fingerprint density at radius 3 is 2.28 bits per heavy atom. The van der Waals surface area contributed by atoms with Crippen molar-refractivity contribution >= 4 is 21.6 Å². The fraction of sp³-hybridized carbons (Fsp3) is 0.348. The second kappa shape index (κ2) is 9.22. The smallest absolute Gasteiger partial charge is 0.255 e. The van der Waals surface area contributed by atoms with E-state index >= 15 is 0 Å². The fourth-order valence-corrected chi connectivity index (χ4v) is 5.81. The van der Waals surface area contributed by atoms with E-state index in [-0.39, 0.29) is 10.8 Å². The molecule has 1 amide bonds. The van der Waals surface area contributed by atoms with Crippen molar-refractivity contribution in [2.24, 2.45) is 11.8 Å². The zero-order chi connectivity index (χ0) is 22.7. The molecule has 168 valence electrons. The van der Waals surface area contributed by atoms with Crippen LogP contribution >= 0.6 is 0 Å². The van der Waals surface area contributed by atoms with E-state index in [2.05, 4.69) is 29.2 Å². The van der Waals surface area contributed by atoms with E-state index in [1.807, 2.05) is 12.1 Å². The molecule has 9 heteroatoms. The van der Waals surface area contributed by atoms with Crippen molar-refractivity contribution in [2.75, 3.05) is 18.4 Å². The average molecular weight is 454 g/mol. The highest BCUT2D eigenvalue weighted by molar-refractivity contribution is 7.89. The number of nitrogens with zero attached hydrogens (tertiary/aromatic N) is 4. The first-order chi connectivity index (χ1) is 15.3. The number of sulfonamides is 1. The highest BCUT2D eigenvalue weighted by atomic mass is 32.2. The third-order valence-electron chi connectivity index (χ3n) is 5.61. The summed E-state index contributed by atoms with van der Waals surface area (Å²) < 4.78 is 29.3. The molecule has 3 aromatic rings. The van der Waals surface area contributed by atoms with Gasteiger partial charge in [0.1, 0.15) is 12.7 Å². The standard InChI is InChI=1S/C23H27N5O3S/c1-17-11-18(2)13-28(12-17)32(30,31)22-9-7-21(8-10-22)26-23(29)20-5-3-19(4-6-20)14-27-16-24-15-25-27/h3-10,15-18H,11-14H2,1-2H3,(H,26,29). The zero-order valence-electron chi connectivity index (χ0n) is 18.2. The summed E-state index contributed by atoms with van der Waals surface area (Å²) >= 11 is 0. The van der Waals surface area contributed by atoms with Crippen molar-refractivity contribution < 1.29 is 13.2 Å². The van der Waals surface area contributed by atoms with E-state index in [0.717, 1.165) is 12.0 Å². The number of anilines is 1. The van der Waals surface area contributed by atoms with Gasteiger partial charge in [-0.2, -0.15) is 9.40 Å². The van der Waals surface area contributed by atoms with Gasteiger partial charge >= 0.3 is 0 Å². The van der Waals surface area contributed by atoms with Gasteiger partial charge in [0, 0.05) is 24.3 Å². The maximum Gasteiger partial charge on any atom is 0.255 e. The van der Waals surface area contributed by atoms with Gasteiger partial charge < -0.3 is 5.32 Å². The van der Waals surface area contributed by atoms with E-state index in [1.54, 1.807) is 51.7 Å². The number of piperidine rings is 1. The van der Waals surface area contributed by atoms with E-state index in [1.165, 1.54) is 6.33 Å². The van der Waals surface area contributed by atoms with Crippen molar-refractivity contribution in [3.8, 4) is 0 Å². The van der Waals surface area contributed by atoms with E-state index in [4.69, 9.17) is 0 Å². The highest BCUT2D eigenvalue weighted by Gasteiger charge is 2.31. The SMILES string of the molecule is CC1CC(C)CN(S(=O)(=O)c2ccc(NC(=O)c3ccc(Cn4cncn4)cc3)cc2)C1. The largest absolute Gasteiger partial charge is 0.322 e. The lowest BCUT2D eigenvalue weighted by atomic mass is 9.94. The van der Waals surface area contributed by atoms with Crippen LogP contribution < -0.4 is 5.32 Å². The van der Waals surface area contributed by atoms with Gasteiger partial charge in [-0.15, -0.1) is 0 Å². The summed E-state index contributed by atoms with van der Waals surface area (Å²) in [5.74, 6) is 0.427. The summed E-state index contributed by atoms with van der Waals surface area (Å²) in [5, 5.41) is 6.89. The number of rotatable bonds is 6. The third kappa shape index (κ3) is 5.05. The molecule has 1 aliphatic heterocycles. The number of nitrogens with one attached hydrogen (secondary N) is 1. The van der Waals surface area contributed by atoms with Crippen molar-refractivity contribution in [3.63, 3.8) is 0 Å². The molecule has 1 aromatic heterocycles. The van der Waals surface area contributed by atoms with Gasteiger partial charge in [-0.05, 0) is 60.2 Å². The van der Waals surface area contributed by atoms with Crippen molar-refractivity contribution in [3.05, 3.63) is 72.3 Å². The Labute approximate surface area is 188 Å². The predicted molar refractivity (Wildman–Crippen MR) is 122 cm³/mol. The van der Waals surface area contributed by atoms with Gasteiger partial charge in [0.2, 0.25) is 10.0 Å². The Morgan fingerprint density at radius 2 is 1.69 bits per heavy atom. The zero-order valence-corrected chi connectivity index (χ0v) is 19.0. The molecule has 2 atom stereocenters. The van der Waals surface area contributed by atoms with E-state index < -0.39 is 10.0 Å². The molecule has 8 nitrogen and oxygen atoms in total. The van der Waals surface area contributed by atoms with Crippen molar-refractivity contribution in [1.82, 2.24) is 19.1 Å². The van der Waals surface area contributed by atoms with Gasteiger partial charge in [-0.1, -0.05) is 26.0 Å². The minimum Gasteiger partial charge on any atom is -0.322 e.